The van der Waals surface area contributed by atoms with Crippen LogP contribution in [0.3, 0.4) is 0 Å². The van der Waals surface area contributed by atoms with Crippen molar-refractivity contribution in [3.05, 3.63) is 23.9 Å². The second-order valence-electron chi connectivity index (χ2n) is 2.83. The summed E-state index contributed by atoms with van der Waals surface area (Å²) >= 11 is 0. The van der Waals surface area contributed by atoms with Gasteiger partial charge in [0.15, 0.2) is 0 Å². The molecule has 0 aliphatic heterocycles. The van der Waals surface area contributed by atoms with Crippen LogP contribution in [-0.2, 0) is 0 Å². The molecule has 0 aromatic carbocycles. The fourth-order valence-electron chi connectivity index (χ4n) is 0.871. The van der Waals surface area contributed by atoms with Crippen molar-refractivity contribution in [2.75, 3.05) is 0 Å². The molecule has 72 valence electrons. The number of hydrogen-bond donors (Lipinski definition) is 1. The summed E-state index contributed by atoms with van der Waals surface area (Å²) in [6.07, 6.45) is 1.43. The molecule has 0 fully saturated rings. The zero-order valence-corrected chi connectivity index (χ0v) is 11.6. The fraction of sp³-hybridized carbons (Fsp3) is 0.333. The largest absolute Gasteiger partial charge is 1.00 e. The minimum atomic E-state index is -1.02. The summed E-state index contributed by atoms with van der Waals surface area (Å²) in [6.45, 7) is 3.64. The van der Waals surface area contributed by atoms with E-state index < -0.39 is 5.97 Å². The first-order valence-electron chi connectivity index (χ1n) is 3.96. The molecule has 1 aromatic heterocycles. The molecule has 0 spiro atoms. The Kier molecular flexibility index (Phi) is 6.55. The Morgan fingerprint density at radius 3 is 2.79 bits per heavy atom. The summed E-state index contributed by atoms with van der Waals surface area (Å²) < 4.78 is 5.21. The molecular weight excluding hydrogens is 209 g/mol. The van der Waals surface area contributed by atoms with E-state index >= 15 is 0 Å². The Morgan fingerprint density at radius 2 is 2.29 bits per heavy atom. The molecular formula is C9H12KNO3. The van der Waals surface area contributed by atoms with Crippen LogP contribution in [0.2, 0.25) is 0 Å². The number of rotatable bonds is 3. The van der Waals surface area contributed by atoms with Crippen molar-refractivity contribution in [1.29, 1.82) is 0 Å². The Balaban J connectivity index is 0. The Hall–Kier alpha value is 0.0564. The van der Waals surface area contributed by atoms with Crippen molar-refractivity contribution in [2.45, 2.75) is 20.0 Å². The van der Waals surface area contributed by atoms with Crippen LogP contribution in [0, 0.1) is 0 Å². The van der Waals surface area contributed by atoms with Crippen molar-refractivity contribution in [3.8, 4) is 5.88 Å². The standard InChI is InChI=1S/C9H11NO3.K.H/c1-6(2)13-8-7(9(11)12)4-3-5-10-8;;/h3-6H,1-2H3,(H,11,12);;/q;+1;-1. The van der Waals surface area contributed by atoms with Crippen molar-refractivity contribution < 1.29 is 67.4 Å². The third-order valence-electron chi connectivity index (χ3n) is 1.35. The van der Waals surface area contributed by atoms with Gasteiger partial charge in [0.1, 0.15) is 5.56 Å². The van der Waals surface area contributed by atoms with Crippen molar-refractivity contribution >= 4 is 5.97 Å². The predicted molar refractivity (Wildman–Crippen MR) is 48.1 cm³/mol. The monoisotopic (exact) mass is 221 g/mol. The van der Waals surface area contributed by atoms with Crippen LogP contribution >= 0.6 is 0 Å². The zero-order chi connectivity index (χ0) is 9.84. The van der Waals surface area contributed by atoms with Crippen LogP contribution in [-0.4, -0.2) is 22.2 Å². The van der Waals surface area contributed by atoms with E-state index in [-0.39, 0.29) is 70.4 Å². The molecule has 0 aliphatic carbocycles. The van der Waals surface area contributed by atoms with Gasteiger partial charge < -0.3 is 11.3 Å². The minimum Gasteiger partial charge on any atom is -1.00 e. The summed E-state index contributed by atoms with van der Waals surface area (Å²) in [7, 11) is 0. The maximum atomic E-state index is 10.7. The number of carboxylic acid groups (broad SMARTS) is 1. The molecule has 1 aromatic rings. The second kappa shape index (κ2) is 6.52. The summed E-state index contributed by atoms with van der Waals surface area (Å²) in [5, 5.41) is 8.76. The molecule has 1 heterocycles. The van der Waals surface area contributed by atoms with E-state index in [0.29, 0.717) is 0 Å². The number of carbonyl (C=O) groups is 1. The molecule has 1 N–H and O–H groups in total. The molecule has 0 bridgehead atoms. The first kappa shape index (κ1) is 14.1. The number of ether oxygens (including phenoxy) is 1. The Bertz CT molecular complexity index is 320. The van der Waals surface area contributed by atoms with Gasteiger partial charge in [0, 0.05) is 6.20 Å². The Labute approximate surface area is 127 Å². The van der Waals surface area contributed by atoms with E-state index in [4.69, 9.17) is 9.84 Å². The van der Waals surface area contributed by atoms with E-state index in [1.807, 2.05) is 13.8 Å². The summed E-state index contributed by atoms with van der Waals surface area (Å²) in [6, 6.07) is 3.03. The number of pyridine rings is 1. The van der Waals surface area contributed by atoms with Gasteiger partial charge >= 0.3 is 57.4 Å². The third kappa shape index (κ3) is 4.06. The van der Waals surface area contributed by atoms with Gasteiger partial charge in [0.05, 0.1) is 6.10 Å². The van der Waals surface area contributed by atoms with Gasteiger partial charge in [-0.15, -0.1) is 0 Å². The summed E-state index contributed by atoms with van der Waals surface area (Å²) in [5.41, 5.74) is 0.0937. The molecule has 0 saturated heterocycles. The van der Waals surface area contributed by atoms with E-state index in [9.17, 15) is 4.79 Å². The molecule has 0 aliphatic rings. The van der Waals surface area contributed by atoms with Gasteiger partial charge in [0.2, 0.25) is 5.88 Å². The first-order valence-corrected chi connectivity index (χ1v) is 3.96. The molecule has 5 heteroatoms. The van der Waals surface area contributed by atoms with E-state index in [2.05, 4.69) is 4.98 Å². The third-order valence-corrected chi connectivity index (χ3v) is 1.35. The van der Waals surface area contributed by atoms with Gasteiger partial charge in [-0.25, -0.2) is 9.78 Å². The first-order chi connectivity index (χ1) is 6.11. The summed E-state index contributed by atoms with van der Waals surface area (Å²) in [4.78, 5) is 14.5. The second-order valence-corrected chi connectivity index (χ2v) is 2.83. The number of carboxylic acids is 1. The van der Waals surface area contributed by atoms with Gasteiger partial charge in [-0.05, 0) is 26.0 Å². The molecule has 4 nitrogen and oxygen atoms in total. The molecule has 14 heavy (non-hydrogen) atoms. The minimum absolute atomic E-state index is 0. The Morgan fingerprint density at radius 1 is 1.64 bits per heavy atom. The van der Waals surface area contributed by atoms with Gasteiger partial charge in [-0.3, -0.25) is 0 Å². The number of aromatic carboxylic acids is 1. The number of aromatic nitrogens is 1. The average molecular weight is 221 g/mol. The molecule has 0 saturated carbocycles. The van der Waals surface area contributed by atoms with E-state index in [1.54, 1.807) is 6.07 Å². The van der Waals surface area contributed by atoms with Crippen LogP contribution in [0.5, 0.6) is 5.88 Å². The van der Waals surface area contributed by atoms with Crippen molar-refractivity contribution in [2.24, 2.45) is 0 Å². The van der Waals surface area contributed by atoms with Crippen molar-refractivity contribution in [1.82, 2.24) is 4.98 Å². The smallest absolute Gasteiger partial charge is 1.00 e. The zero-order valence-electron chi connectivity index (χ0n) is 9.52. The number of nitrogens with zero attached hydrogens (tertiary/aromatic N) is 1. The molecule has 0 atom stereocenters. The van der Waals surface area contributed by atoms with E-state index in [0.717, 1.165) is 0 Å². The van der Waals surface area contributed by atoms with Gasteiger partial charge in [-0.1, -0.05) is 0 Å². The predicted octanol–water partition coefficient (Wildman–Crippen LogP) is -1.32. The maximum absolute atomic E-state index is 10.7. The SMILES string of the molecule is CC(C)Oc1ncccc1C(=O)O.[H-].[K+]. The molecule has 0 unspecified atom stereocenters. The topological polar surface area (TPSA) is 59.4 Å². The van der Waals surface area contributed by atoms with Crippen LogP contribution in [0.25, 0.3) is 0 Å². The molecule has 1 rings (SSSR count). The van der Waals surface area contributed by atoms with Crippen LogP contribution in [0.1, 0.15) is 25.6 Å². The number of hydrogen-bond acceptors (Lipinski definition) is 3. The van der Waals surface area contributed by atoms with Crippen LogP contribution in [0.15, 0.2) is 18.3 Å². The quantitative estimate of drug-likeness (QED) is 0.643. The van der Waals surface area contributed by atoms with E-state index in [1.165, 1.54) is 12.3 Å². The summed E-state index contributed by atoms with van der Waals surface area (Å²) in [5.74, 6) is -0.853. The average Bonchev–Trinajstić information content (AvgIpc) is 2.03. The van der Waals surface area contributed by atoms with Crippen molar-refractivity contribution in [3.63, 3.8) is 0 Å². The van der Waals surface area contributed by atoms with Crippen LogP contribution < -0.4 is 56.1 Å². The fourth-order valence-corrected chi connectivity index (χ4v) is 0.871. The normalized spacial score (nSPS) is 9.36. The maximum Gasteiger partial charge on any atom is 1.00 e. The van der Waals surface area contributed by atoms with Gasteiger partial charge in [0.25, 0.3) is 0 Å². The molecule has 0 amide bonds. The van der Waals surface area contributed by atoms with Gasteiger partial charge in [-0.2, -0.15) is 0 Å². The molecule has 0 radical (unpaired) electrons. The van der Waals surface area contributed by atoms with Crippen LogP contribution in [0.4, 0.5) is 0 Å².